The molecule has 1 aliphatic carbocycles. The summed E-state index contributed by atoms with van der Waals surface area (Å²) in [4.78, 5) is 9.05. The van der Waals surface area contributed by atoms with Crippen LogP contribution in [0.2, 0.25) is 0 Å². The summed E-state index contributed by atoms with van der Waals surface area (Å²) in [6, 6.07) is 0.349. The lowest BCUT2D eigenvalue weighted by Crippen LogP contribution is -2.36. The highest BCUT2D eigenvalue weighted by molar-refractivity contribution is 5.26. The molecular formula is C16H27N3O. The first kappa shape index (κ1) is 15.4. The molecule has 4 heteroatoms. The first-order chi connectivity index (χ1) is 9.85. The number of ether oxygens (including phenoxy) is 1. The fraction of sp³-hybridized carbons (Fsp3) is 0.750. The van der Waals surface area contributed by atoms with Crippen LogP contribution in [0.1, 0.15) is 49.6 Å². The van der Waals surface area contributed by atoms with Gasteiger partial charge in [0, 0.05) is 31.0 Å². The molecule has 1 N–H and O–H groups in total. The van der Waals surface area contributed by atoms with Crippen molar-refractivity contribution < 1.29 is 4.74 Å². The molecule has 1 atom stereocenters. The van der Waals surface area contributed by atoms with Crippen LogP contribution in [0.5, 0.6) is 0 Å². The van der Waals surface area contributed by atoms with Gasteiger partial charge in [0.05, 0.1) is 6.61 Å². The van der Waals surface area contributed by atoms with Gasteiger partial charge in [-0.3, -0.25) is 0 Å². The molecule has 0 saturated heterocycles. The van der Waals surface area contributed by atoms with Crippen molar-refractivity contribution in [2.45, 2.75) is 57.9 Å². The number of hydrogen-bond acceptors (Lipinski definition) is 4. The van der Waals surface area contributed by atoms with Gasteiger partial charge < -0.3 is 10.1 Å². The third-order valence-corrected chi connectivity index (χ3v) is 3.95. The molecule has 1 aliphatic rings. The number of hydrogen-bond donors (Lipinski definition) is 1. The van der Waals surface area contributed by atoms with Gasteiger partial charge in [0.15, 0.2) is 0 Å². The molecule has 4 nitrogen and oxygen atoms in total. The smallest absolute Gasteiger partial charge is 0.115 e. The lowest BCUT2D eigenvalue weighted by Gasteiger charge is -2.19. The monoisotopic (exact) mass is 277 g/mol. The minimum atomic E-state index is 0.349. The molecule has 20 heavy (non-hydrogen) atoms. The summed E-state index contributed by atoms with van der Waals surface area (Å²) in [7, 11) is 1.76. The Morgan fingerprint density at radius 3 is 2.90 bits per heavy atom. The van der Waals surface area contributed by atoms with Crippen molar-refractivity contribution >= 4 is 0 Å². The number of nitrogens with one attached hydrogen (secondary N) is 1. The highest BCUT2D eigenvalue weighted by Gasteiger charge is 2.17. The van der Waals surface area contributed by atoms with Crippen molar-refractivity contribution in [2.24, 2.45) is 0 Å². The second kappa shape index (κ2) is 8.32. The number of rotatable bonds is 7. The minimum Gasteiger partial charge on any atom is -0.383 e. The Morgan fingerprint density at radius 2 is 2.10 bits per heavy atom. The maximum Gasteiger partial charge on any atom is 0.115 e. The maximum atomic E-state index is 5.34. The van der Waals surface area contributed by atoms with Gasteiger partial charge >= 0.3 is 0 Å². The van der Waals surface area contributed by atoms with Gasteiger partial charge in [-0.1, -0.05) is 13.3 Å². The molecule has 1 unspecified atom stereocenters. The second-order valence-corrected chi connectivity index (χ2v) is 5.62. The summed E-state index contributed by atoms with van der Waals surface area (Å²) in [5, 5.41) is 3.56. The van der Waals surface area contributed by atoms with Crippen molar-refractivity contribution in [1.82, 2.24) is 15.3 Å². The van der Waals surface area contributed by atoms with E-state index in [0.29, 0.717) is 6.04 Å². The van der Waals surface area contributed by atoms with Gasteiger partial charge in [-0.15, -0.1) is 0 Å². The lowest BCUT2D eigenvalue weighted by molar-refractivity contribution is 0.165. The van der Waals surface area contributed by atoms with Crippen LogP contribution in [0.15, 0.2) is 6.33 Å². The highest BCUT2D eigenvalue weighted by atomic mass is 16.5. The molecule has 1 aromatic rings. The molecule has 2 rings (SSSR count). The van der Waals surface area contributed by atoms with Gasteiger partial charge in [0.25, 0.3) is 0 Å². The normalized spacial score (nSPS) is 16.5. The van der Waals surface area contributed by atoms with Crippen molar-refractivity contribution in [1.29, 1.82) is 0 Å². The number of aryl methyl sites for hydroxylation is 1. The number of aromatic nitrogens is 2. The largest absolute Gasteiger partial charge is 0.383 e. The van der Waals surface area contributed by atoms with Crippen molar-refractivity contribution in [2.75, 3.05) is 20.3 Å². The Balaban J connectivity index is 2.10. The van der Waals surface area contributed by atoms with E-state index < -0.39 is 0 Å². The Hall–Kier alpha value is -1.00. The summed E-state index contributed by atoms with van der Waals surface area (Å²) in [5.74, 6) is 0. The first-order valence-electron chi connectivity index (χ1n) is 7.89. The predicted molar refractivity (Wildman–Crippen MR) is 81.0 cm³/mol. The SMILES string of the molecule is CCCNC(COC)Cc1ncnc2c1CCCCC2. The lowest BCUT2D eigenvalue weighted by atomic mass is 10.0. The summed E-state index contributed by atoms with van der Waals surface area (Å²) in [6.45, 7) is 3.95. The number of nitrogens with zero attached hydrogens (tertiary/aromatic N) is 2. The van der Waals surface area contributed by atoms with E-state index in [1.54, 1.807) is 13.4 Å². The number of fused-ring (bicyclic) bond motifs is 1. The van der Waals surface area contributed by atoms with Crippen LogP contribution in [0.25, 0.3) is 0 Å². The fourth-order valence-corrected chi connectivity index (χ4v) is 2.91. The summed E-state index contributed by atoms with van der Waals surface area (Å²) in [6.07, 6.45) is 9.92. The van der Waals surface area contributed by atoms with Crippen LogP contribution in [-0.2, 0) is 24.0 Å². The van der Waals surface area contributed by atoms with Crippen LogP contribution in [0.3, 0.4) is 0 Å². The molecule has 0 aliphatic heterocycles. The van der Waals surface area contributed by atoms with E-state index in [-0.39, 0.29) is 0 Å². The predicted octanol–water partition coefficient (Wildman–Crippen LogP) is 2.30. The summed E-state index contributed by atoms with van der Waals surface area (Å²) >= 11 is 0. The average Bonchev–Trinajstić information content (AvgIpc) is 2.71. The summed E-state index contributed by atoms with van der Waals surface area (Å²) < 4.78 is 5.34. The molecule has 1 heterocycles. The Morgan fingerprint density at radius 1 is 1.25 bits per heavy atom. The summed E-state index contributed by atoms with van der Waals surface area (Å²) in [5.41, 5.74) is 3.91. The van der Waals surface area contributed by atoms with Crippen LogP contribution >= 0.6 is 0 Å². The van der Waals surface area contributed by atoms with E-state index >= 15 is 0 Å². The standard InChI is InChI=1S/C16H27N3O/c1-3-9-17-13(11-20-2)10-16-14-7-5-4-6-8-15(14)18-12-19-16/h12-13,17H,3-11H2,1-2H3. The zero-order valence-corrected chi connectivity index (χ0v) is 12.8. The number of methoxy groups -OCH3 is 1. The van der Waals surface area contributed by atoms with Crippen LogP contribution in [-0.4, -0.2) is 36.3 Å². The van der Waals surface area contributed by atoms with Gasteiger partial charge in [0.1, 0.15) is 6.33 Å². The fourth-order valence-electron chi connectivity index (χ4n) is 2.91. The Kier molecular flexibility index (Phi) is 6.40. The zero-order chi connectivity index (χ0) is 14.2. The Labute approximate surface area is 122 Å². The molecule has 0 spiro atoms. The van der Waals surface area contributed by atoms with Gasteiger partial charge in [0.2, 0.25) is 0 Å². The molecule has 0 aromatic carbocycles. The minimum absolute atomic E-state index is 0.349. The average molecular weight is 277 g/mol. The van der Waals surface area contributed by atoms with E-state index in [2.05, 4.69) is 22.2 Å². The third kappa shape index (κ3) is 4.25. The van der Waals surface area contributed by atoms with Crippen molar-refractivity contribution in [3.63, 3.8) is 0 Å². The second-order valence-electron chi connectivity index (χ2n) is 5.62. The van der Waals surface area contributed by atoms with E-state index in [1.807, 2.05) is 0 Å². The van der Waals surface area contributed by atoms with Gasteiger partial charge in [-0.25, -0.2) is 9.97 Å². The van der Waals surface area contributed by atoms with Crippen molar-refractivity contribution in [3.05, 3.63) is 23.3 Å². The molecular weight excluding hydrogens is 250 g/mol. The topological polar surface area (TPSA) is 47.0 Å². The van der Waals surface area contributed by atoms with Gasteiger partial charge in [-0.2, -0.15) is 0 Å². The molecule has 0 bridgehead atoms. The maximum absolute atomic E-state index is 5.34. The molecule has 0 fully saturated rings. The van der Waals surface area contributed by atoms with E-state index in [9.17, 15) is 0 Å². The first-order valence-corrected chi connectivity index (χ1v) is 7.89. The third-order valence-electron chi connectivity index (χ3n) is 3.95. The van der Waals surface area contributed by atoms with Crippen molar-refractivity contribution in [3.8, 4) is 0 Å². The van der Waals surface area contributed by atoms with Crippen LogP contribution in [0.4, 0.5) is 0 Å². The van der Waals surface area contributed by atoms with E-state index in [4.69, 9.17) is 4.74 Å². The van der Waals surface area contributed by atoms with Gasteiger partial charge in [-0.05, 0) is 44.2 Å². The molecule has 1 aromatic heterocycles. The van der Waals surface area contributed by atoms with E-state index in [0.717, 1.165) is 38.8 Å². The molecule has 0 amide bonds. The molecule has 0 saturated carbocycles. The van der Waals surface area contributed by atoms with Crippen LogP contribution < -0.4 is 5.32 Å². The molecule has 0 radical (unpaired) electrons. The molecule has 112 valence electrons. The zero-order valence-electron chi connectivity index (χ0n) is 12.8. The Bertz CT molecular complexity index is 409. The quantitative estimate of drug-likeness (QED) is 0.777. The van der Waals surface area contributed by atoms with Crippen LogP contribution in [0, 0.1) is 0 Å². The van der Waals surface area contributed by atoms with E-state index in [1.165, 1.54) is 36.2 Å². The highest BCUT2D eigenvalue weighted by Crippen LogP contribution is 2.21.